The number of rotatable bonds is 4. The second-order valence-electron chi connectivity index (χ2n) is 6.40. The highest BCUT2D eigenvalue weighted by Crippen LogP contribution is 2.16. The first kappa shape index (κ1) is 17.2. The number of benzene rings is 1. The van der Waals surface area contributed by atoms with Crippen molar-refractivity contribution in [3.05, 3.63) is 29.8 Å². The summed E-state index contributed by atoms with van der Waals surface area (Å²) >= 11 is 5.30. The zero-order valence-corrected chi connectivity index (χ0v) is 14.7. The maximum absolute atomic E-state index is 12.4. The van der Waals surface area contributed by atoms with Gasteiger partial charge in [-0.15, -0.1) is 0 Å². The van der Waals surface area contributed by atoms with Crippen molar-refractivity contribution in [2.45, 2.75) is 38.2 Å². The van der Waals surface area contributed by atoms with Gasteiger partial charge in [0, 0.05) is 37.5 Å². The summed E-state index contributed by atoms with van der Waals surface area (Å²) in [5.41, 5.74) is 1.62. The van der Waals surface area contributed by atoms with Gasteiger partial charge in [-0.2, -0.15) is 0 Å². The summed E-state index contributed by atoms with van der Waals surface area (Å²) in [5.74, 6) is 0.125. The molecule has 2 heterocycles. The standard InChI is InChI=1S/C18H25N3O2S/c22-17(21-10-2-1-3-11-21)14-6-8-15(9-7-14)20-18(24)19-13-16-5-4-12-23-16/h6-9,16H,1-5,10-13H2,(H2,19,20,24). The highest BCUT2D eigenvalue weighted by Gasteiger charge is 2.18. The van der Waals surface area contributed by atoms with E-state index < -0.39 is 0 Å². The Morgan fingerprint density at radius 3 is 2.58 bits per heavy atom. The summed E-state index contributed by atoms with van der Waals surface area (Å²) in [6.07, 6.45) is 5.91. The van der Waals surface area contributed by atoms with Crippen LogP contribution in [0.15, 0.2) is 24.3 Å². The minimum absolute atomic E-state index is 0.125. The number of nitrogens with one attached hydrogen (secondary N) is 2. The van der Waals surface area contributed by atoms with E-state index in [1.54, 1.807) is 0 Å². The second-order valence-corrected chi connectivity index (χ2v) is 6.81. The molecule has 1 atom stereocenters. The van der Waals surface area contributed by atoms with Gasteiger partial charge in [0.05, 0.1) is 6.10 Å². The van der Waals surface area contributed by atoms with Crippen molar-refractivity contribution in [3.8, 4) is 0 Å². The Balaban J connectivity index is 1.48. The van der Waals surface area contributed by atoms with Crippen LogP contribution in [0.25, 0.3) is 0 Å². The van der Waals surface area contributed by atoms with Crippen LogP contribution in [-0.2, 0) is 4.74 Å². The minimum Gasteiger partial charge on any atom is -0.376 e. The highest BCUT2D eigenvalue weighted by molar-refractivity contribution is 7.80. The van der Waals surface area contributed by atoms with E-state index in [-0.39, 0.29) is 12.0 Å². The van der Waals surface area contributed by atoms with Crippen molar-refractivity contribution < 1.29 is 9.53 Å². The molecule has 1 unspecified atom stereocenters. The summed E-state index contributed by atoms with van der Waals surface area (Å²) in [7, 11) is 0. The van der Waals surface area contributed by atoms with E-state index in [1.165, 1.54) is 6.42 Å². The van der Waals surface area contributed by atoms with E-state index in [9.17, 15) is 4.79 Å². The normalized spacial score (nSPS) is 20.7. The topological polar surface area (TPSA) is 53.6 Å². The molecule has 1 aromatic rings. The Morgan fingerprint density at radius 2 is 1.92 bits per heavy atom. The molecule has 0 spiro atoms. The lowest BCUT2D eigenvalue weighted by molar-refractivity contribution is 0.0724. The van der Waals surface area contributed by atoms with Crippen LogP contribution in [0.2, 0.25) is 0 Å². The summed E-state index contributed by atoms with van der Waals surface area (Å²) in [6.45, 7) is 3.32. The molecular weight excluding hydrogens is 322 g/mol. The van der Waals surface area contributed by atoms with E-state index in [1.807, 2.05) is 29.2 Å². The number of likely N-dealkylation sites (tertiary alicyclic amines) is 1. The molecule has 24 heavy (non-hydrogen) atoms. The highest BCUT2D eigenvalue weighted by atomic mass is 32.1. The van der Waals surface area contributed by atoms with Gasteiger partial charge in [0.2, 0.25) is 0 Å². The van der Waals surface area contributed by atoms with Crippen molar-refractivity contribution in [2.75, 3.05) is 31.6 Å². The molecule has 0 aliphatic carbocycles. The molecule has 2 aliphatic heterocycles. The number of hydrogen-bond acceptors (Lipinski definition) is 3. The number of carbonyl (C=O) groups is 1. The molecule has 1 aromatic carbocycles. The van der Waals surface area contributed by atoms with Gasteiger partial charge < -0.3 is 20.3 Å². The Hall–Kier alpha value is -1.66. The quantitative estimate of drug-likeness (QED) is 0.821. The van der Waals surface area contributed by atoms with Crippen molar-refractivity contribution in [2.24, 2.45) is 0 Å². The number of piperidine rings is 1. The third kappa shape index (κ3) is 4.68. The van der Waals surface area contributed by atoms with Crippen molar-refractivity contribution in [3.63, 3.8) is 0 Å². The first-order valence-electron chi connectivity index (χ1n) is 8.78. The van der Waals surface area contributed by atoms with Gasteiger partial charge in [0.15, 0.2) is 5.11 Å². The molecule has 6 heteroatoms. The van der Waals surface area contributed by atoms with Gasteiger partial charge >= 0.3 is 0 Å². The van der Waals surface area contributed by atoms with Crippen LogP contribution in [-0.4, -0.2) is 48.3 Å². The van der Waals surface area contributed by atoms with Crippen LogP contribution in [0.1, 0.15) is 42.5 Å². The Kier molecular flexibility index (Phi) is 6.04. The molecule has 2 aliphatic rings. The molecule has 0 saturated carbocycles. The number of ether oxygens (including phenoxy) is 1. The smallest absolute Gasteiger partial charge is 0.253 e. The molecule has 0 bridgehead atoms. The number of anilines is 1. The Labute approximate surface area is 148 Å². The fourth-order valence-electron chi connectivity index (χ4n) is 3.16. The average Bonchev–Trinajstić information content (AvgIpc) is 3.14. The molecular formula is C18H25N3O2S. The predicted octanol–water partition coefficient (Wildman–Crippen LogP) is 2.78. The summed E-state index contributed by atoms with van der Waals surface area (Å²) in [6, 6.07) is 7.53. The lowest BCUT2D eigenvalue weighted by Gasteiger charge is -2.26. The van der Waals surface area contributed by atoms with Gasteiger partial charge in [0.1, 0.15) is 0 Å². The van der Waals surface area contributed by atoms with E-state index in [2.05, 4.69) is 10.6 Å². The number of hydrogen-bond donors (Lipinski definition) is 2. The lowest BCUT2D eigenvalue weighted by atomic mass is 10.1. The molecule has 0 radical (unpaired) electrons. The van der Waals surface area contributed by atoms with Crippen molar-refractivity contribution >= 4 is 28.9 Å². The summed E-state index contributed by atoms with van der Waals surface area (Å²) in [4.78, 5) is 14.4. The van der Waals surface area contributed by atoms with Gasteiger partial charge in [-0.05, 0) is 68.6 Å². The zero-order chi connectivity index (χ0) is 16.8. The molecule has 130 valence electrons. The molecule has 2 N–H and O–H groups in total. The summed E-state index contributed by atoms with van der Waals surface area (Å²) in [5, 5.41) is 6.92. The fraction of sp³-hybridized carbons (Fsp3) is 0.556. The fourth-order valence-corrected chi connectivity index (χ4v) is 3.36. The van der Waals surface area contributed by atoms with Crippen LogP contribution in [0.3, 0.4) is 0 Å². The summed E-state index contributed by atoms with van der Waals surface area (Å²) < 4.78 is 5.56. The minimum atomic E-state index is 0.125. The maximum atomic E-state index is 12.4. The van der Waals surface area contributed by atoms with Gasteiger partial charge in [-0.3, -0.25) is 4.79 Å². The molecule has 1 amide bonds. The average molecular weight is 347 g/mol. The molecule has 5 nitrogen and oxygen atoms in total. The van der Waals surface area contributed by atoms with Crippen LogP contribution in [0, 0.1) is 0 Å². The zero-order valence-electron chi connectivity index (χ0n) is 13.9. The predicted molar refractivity (Wildman–Crippen MR) is 99.4 cm³/mol. The molecule has 3 rings (SSSR count). The van der Waals surface area contributed by atoms with E-state index in [0.717, 1.165) is 63.2 Å². The first-order valence-corrected chi connectivity index (χ1v) is 9.19. The molecule has 2 fully saturated rings. The van der Waals surface area contributed by atoms with Gasteiger partial charge in [-0.1, -0.05) is 0 Å². The molecule has 0 aromatic heterocycles. The van der Waals surface area contributed by atoms with Crippen LogP contribution >= 0.6 is 12.2 Å². The van der Waals surface area contributed by atoms with Crippen molar-refractivity contribution in [1.29, 1.82) is 0 Å². The number of carbonyl (C=O) groups excluding carboxylic acids is 1. The van der Waals surface area contributed by atoms with Crippen LogP contribution in [0.5, 0.6) is 0 Å². The maximum Gasteiger partial charge on any atom is 0.253 e. The largest absolute Gasteiger partial charge is 0.376 e. The van der Waals surface area contributed by atoms with Gasteiger partial charge in [0.25, 0.3) is 5.91 Å². The van der Waals surface area contributed by atoms with Crippen molar-refractivity contribution in [1.82, 2.24) is 10.2 Å². The SMILES string of the molecule is O=C(c1ccc(NC(=S)NCC2CCCO2)cc1)N1CCCCC1. The third-order valence-corrected chi connectivity index (χ3v) is 4.79. The third-order valence-electron chi connectivity index (χ3n) is 4.55. The van der Waals surface area contributed by atoms with E-state index in [4.69, 9.17) is 17.0 Å². The Morgan fingerprint density at radius 1 is 1.17 bits per heavy atom. The number of nitrogens with zero attached hydrogens (tertiary/aromatic N) is 1. The Bertz CT molecular complexity index is 564. The van der Waals surface area contributed by atoms with Crippen LogP contribution < -0.4 is 10.6 Å². The monoisotopic (exact) mass is 347 g/mol. The van der Waals surface area contributed by atoms with E-state index in [0.29, 0.717) is 5.11 Å². The lowest BCUT2D eigenvalue weighted by Crippen LogP contribution is -2.35. The second kappa shape index (κ2) is 8.44. The number of thiocarbonyl (C=S) groups is 1. The molecule has 2 saturated heterocycles. The van der Waals surface area contributed by atoms with Gasteiger partial charge in [-0.25, -0.2) is 0 Å². The van der Waals surface area contributed by atoms with Crippen LogP contribution in [0.4, 0.5) is 5.69 Å². The van der Waals surface area contributed by atoms with E-state index >= 15 is 0 Å². The first-order chi connectivity index (χ1) is 11.7. The number of amides is 1.